The van der Waals surface area contributed by atoms with Crippen LogP contribution >= 0.6 is 0 Å². The van der Waals surface area contributed by atoms with E-state index in [2.05, 4.69) is 6.07 Å². The summed E-state index contributed by atoms with van der Waals surface area (Å²) in [5.41, 5.74) is 6.14. The Morgan fingerprint density at radius 1 is 1.19 bits per heavy atom. The molecule has 16 heavy (non-hydrogen) atoms. The molecule has 0 atom stereocenters. The first-order valence-corrected chi connectivity index (χ1v) is 4.64. The minimum Gasteiger partial charge on any atom is -0.426 e. The van der Waals surface area contributed by atoms with Crippen molar-refractivity contribution in [3.8, 4) is 11.5 Å². The third kappa shape index (κ3) is 3.70. The molecule has 1 radical (unpaired) electrons. The van der Waals surface area contributed by atoms with Crippen LogP contribution in [-0.2, 0) is 16.1 Å². The van der Waals surface area contributed by atoms with E-state index in [1.807, 2.05) is 0 Å². The van der Waals surface area contributed by atoms with Gasteiger partial charge >= 0.3 is 11.9 Å². The fourth-order valence-corrected chi connectivity index (χ4v) is 1.11. The van der Waals surface area contributed by atoms with E-state index in [9.17, 15) is 9.59 Å². The Bertz CT molecular complexity index is 380. The molecule has 0 unspecified atom stereocenters. The minimum atomic E-state index is -0.473. The lowest BCUT2D eigenvalue weighted by molar-refractivity contribution is -0.132. The topological polar surface area (TPSA) is 78.6 Å². The van der Waals surface area contributed by atoms with E-state index in [4.69, 9.17) is 15.2 Å². The van der Waals surface area contributed by atoms with E-state index in [0.29, 0.717) is 5.56 Å². The Balaban J connectivity index is 3.00. The summed E-state index contributed by atoms with van der Waals surface area (Å²) in [6.45, 7) is 2.79. The highest BCUT2D eigenvalue weighted by atomic mass is 16.5. The van der Waals surface area contributed by atoms with Crippen LogP contribution in [0.25, 0.3) is 0 Å². The van der Waals surface area contributed by atoms with Gasteiger partial charge in [0.15, 0.2) is 0 Å². The monoisotopic (exact) mass is 222 g/mol. The van der Waals surface area contributed by atoms with Crippen molar-refractivity contribution in [3.63, 3.8) is 0 Å². The molecule has 2 N–H and O–H groups in total. The molecule has 0 saturated heterocycles. The summed E-state index contributed by atoms with van der Waals surface area (Å²) in [6.07, 6.45) is 0. The highest BCUT2D eigenvalue weighted by molar-refractivity contribution is 5.71. The van der Waals surface area contributed by atoms with Crippen LogP contribution in [0, 0.1) is 6.07 Å². The van der Waals surface area contributed by atoms with Crippen LogP contribution in [0.3, 0.4) is 0 Å². The third-order valence-corrected chi connectivity index (χ3v) is 1.62. The van der Waals surface area contributed by atoms with Crippen LogP contribution in [0.5, 0.6) is 11.5 Å². The molecule has 0 bridgehead atoms. The van der Waals surface area contributed by atoms with Crippen molar-refractivity contribution in [1.29, 1.82) is 0 Å². The molecule has 0 spiro atoms. The molecular formula is C11H12NO4. The van der Waals surface area contributed by atoms with Crippen molar-refractivity contribution in [2.24, 2.45) is 5.73 Å². The van der Waals surface area contributed by atoms with Crippen LogP contribution in [-0.4, -0.2) is 11.9 Å². The number of carbonyl (C=O) groups excluding carboxylic acids is 2. The second-order valence-electron chi connectivity index (χ2n) is 3.11. The molecule has 0 saturated carbocycles. The number of hydrogen-bond acceptors (Lipinski definition) is 5. The van der Waals surface area contributed by atoms with E-state index in [1.165, 1.54) is 13.8 Å². The Morgan fingerprint density at radius 3 is 1.94 bits per heavy atom. The fraction of sp³-hybridized carbons (Fsp3) is 0.273. The summed E-state index contributed by atoms with van der Waals surface area (Å²) in [4.78, 5) is 21.5. The third-order valence-electron chi connectivity index (χ3n) is 1.62. The fourth-order valence-electron chi connectivity index (χ4n) is 1.11. The molecule has 0 amide bonds. The maximum atomic E-state index is 10.8. The summed E-state index contributed by atoms with van der Waals surface area (Å²) < 4.78 is 9.68. The van der Waals surface area contributed by atoms with Crippen LogP contribution in [0.4, 0.5) is 0 Å². The van der Waals surface area contributed by atoms with E-state index in [0.717, 1.165) is 0 Å². The molecule has 0 aliphatic rings. The first-order chi connectivity index (χ1) is 7.51. The lowest BCUT2D eigenvalue weighted by Gasteiger charge is -2.07. The van der Waals surface area contributed by atoms with Gasteiger partial charge in [-0.15, -0.1) is 0 Å². The minimum absolute atomic E-state index is 0.187. The highest BCUT2D eigenvalue weighted by Gasteiger charge is 2.06. The maximum absolute atomic E-state index is 10.8. The summed E-state index contributed by atoms with van der Waals surface area (Å²) in [5.74, 6) is -0.572. The van der Waals surface area contributed by atoms with Gasteiger partial charge in [0.1, 0.15) is 11.5 Å². The zero-order valence-corrected chi connectivity index (χ0v) is 9.07. The van der Waals surface area contributed by atoms with Gasteiger partial charge in [0, 0.05) is 20.4 Å². The van der Waals surface area contributed by atoms with Gasteiger partial charge in [-0.05, 0) is 17.7 Å². The van der Waals surface area contributed by atoms with E-state index in [1.54, 1.807) is 12.1 Å². The highest BCUT2D eigenvalue weighted by Crippen LogP contribution is 2.22. The smallest absolute Gasteiger partial charge is 0.308 e. The van der Waals surface area contributed by atoms with Gasteiger partial charge in [0.2, 0.25) is 0 Å². The van der Waals surface area contributed by atoms with Gasteiger partial charge in [-0.1, -0.05) is 0 Å². The number of ether oxygens (including phenoxy) is 2. The van der Waals surface area contributed by atoms with Gasteiger partial charge in [-0.25, -0.2) is 0 Å². The number of hydrogen-bond donors (Lipinski definition) is 1. The van der Waals surface area contributed by atoms with E-state index in [-0.39, 0.29) is 18.0 Å². The molecule has 0 heterocycles. The molecule has 85 valence electrons. The van der Waals surface area contributed by atoms with Gasteiger partial charge in [0.05, 0.1) is 6.07 Å². The predicted octanol–water partition coefficient (Wildman–Crippen LogP) is 0.796. The van der Waals surface area contributed by atoms with E-state index >= 15 is 0 Å². The molecule has 1 rings (SSSR count). The van der Waals surface area contributed by atoms with Crippen LogP contribution in [0.2, 0.25) is 0 Å². The van der Waals surface area contributed by atoms with Gasteiger partial charge in [-0.2, -0.15) is 0 Å². The van der Waals surface area contributed by atoms with Gasteiger partial charge in [-0.3, -0.25) is 9.59 Å². The first-order valence-electron chi connectivity index (χ1n) is 4.64. The number of esters is 2. The maximum Gasteiger partial charge on any atom is 0.308 e. The number of rotatable bonds is 3. The Kier molecular flexibility index (Phi) is 4.02. The zero-order chi connectivity index (χ0) is 12.1. The van der Waals surface area contributed by atoms with Crippen molar-refractivity contribution in [3.05, 3.63) is 23.8 Å². The van der Waals surface area contributed by atoms with Gasteiger partial charge < -0.3 is 15.2 Å². The second kappa shape index (κ2) is 5.27. The molecule has 0 fully saturated rings. The number of nitrogens with two attached hydrogens (primary N) is 1. The zero-order valence-electron chi connectivity index (χ0n) is 9.07. The predicted molar refractivity (Wildman–Crippen MR) is 55.8 cm³/mol. The first kappa shape index (κ1) is 12.2. The van der Waals surface area contributed by atoms with Crippen LogP contribution in [0.1, 0.15) is 19.4 Å². The molecule has 0 aliphatic heterocycles. The Morgan fingerprint density at radius 2 is 1.62 bits per heavy atom. The lowest BCUT2D eigenvalue weighted by atomic mass is 10.2. The summed E-state index contributed by atoms with van der Waals surface area (Å²) in [5, 5.41) is 0. The van der Waals surface area contributed by atoms with E-state index < -0.39 is 11.9 Å². The molecule has 0 aliphatic carbocycles. The van der Waals surface area contributed by atoms with Crippen LogP contribution in [0.15, 0.2) is 12.1 Å². The summed E-state index contributed by atoms with van der Waals surface area (Å²) in [7, 11) is 0. The molecule has 0 aromatic heterocycles. The van der Waals surface area contributed by atoms with Crippen molar-refractivity contribution in [2.75, 3.05) is 0 Å². The quantitative estimate of drug-likeness (QED) is 0.604. The summed E-state index contributed by atoms with van der Waals surface area (Å²) >= 11 is 0. The molecule has 5 nitrogen and oxygen atoms in total. The molecule has 1 aromatic rings. The second-order valence-corrected chi connectivity index (χ2v) is 3.11. The molecular weight excluding hydrogens is 210 g/mol. The Hall–Kier alpha value is -1.88. The lowest BCUT2D eigenvalue weighted by Crippen LogP contribution is -2.06. The SMILES string of the molecule is CC(=O)Oc1[c]c(OC(C)=O)cc(CN)c1. The van der Waals surface area contributed by atoms with Crippen molar-refractivity contribution >= 4 is 11.9 Å². The average molecular weight is 222 g/mol. The van der Waals surface area contributed by atoms with Crippen molar-refractivity contribution in [1.82, 2.24) is 0 Å². The number of carbonyl (C=O) groups is 2. The average Bonchev–Trinajstić information content (AvgIpc) is 2.14. The standard InChI is InChI=1S/C11H12NO4/c1-7(13)15-10-3-9(6-12)4-11(5-10)16-8(2)14/h3-4H,6,12H2,1-2H3. The number of benzene rings is 1. The molecule has 5 heteroatoms. The normalized spacial score (nSPS) is 9.69. The van der Waals surface area contributed by atoms with Gasteiger partial charge in [0.25, 0.3) is 0 Å². The Labute approximate surface area is 93.1 Å². The molecule has 1 aromatic carbocycles. The van der Waals surface area contributed by atoms with Crippen molar-refractivity contribution in [2.45, 2.75) is 20.4 Å². The largest absolute Gasteiger partial charge is 0.426 e. The summed E-state index contributed by atoms with van der Waals surface area (Å²) in [6, 6.07) is 5.77. The van der Waals surface area contributed by atoms with Crippen LogP contribution < -0.4 is 15.2 Å². The van der Waals surface area contributed by atoms with Crippen molar-refractivity contribution < 1.29 is 19.1 Å².